The number of phenols is 1. The molecule has 0 atom stereocenters. The number of hydrazone groups is 1. The van der Waals surface area contributed by atoms with Crippen LogP contribution in [0.15, 0.2) is 59.7 Å². The highest BCUT2D eigenvalue weighted by molar-refractivity contribution is 5.83. The number of anilines is 2. The maximum atomic E-state index is 9.70. The van der Waals surface area contributed by atoms with E-state index >= 15 is 0 Å². The normalized spacial score (nSPS) is 10.4. The fourth-order valence-electron chi connectivity index (χ4n) is 2.50. The van der Waals surface area contributed by atoms with Gasteiger partial charge in [0.1, 0.15) is 11.6 Å². The second-order valence-corrected chi connectivity index (χ2v) is 6.65. The highest BCUT2D eigenvalue weighted by Crippen LogP contribution is 2.13. The largest absolute Gasteiger partial charge is 0.507 e. The minimum Gasteiger partial charge on any atom is -0.507 e. The molecule has 0 saturated carbocycles. The number of benzene rings is 2. The molecule has 0 aliphatic carbocycles. The number of nitrogens with zero attached hydrogens (tertiary/aromatic N) is 4. The van der Waals surface area contributed by atoms with Crippen molar-refractivity contribution in [3.05, 3.63) is 71.5 Å². The second kappa shape index (κ2) is 12.9. The summed E-state index contributed by atoms with van der Waals surface area (Å²) < 4.78 is 0. The summed E-state index contributed by atoms with van der Waals surface area (Å²) in [4.78, 5) is 12.7. The Bertz CT molecular complexity index is 913. The van der Waals surface area contributed by atoms with Crippen molar-refractivity contribution in [2.45, 2.75) is 46.6 Å². The summed E-state index contributed by atoms with van der Waals surface area (Å²) in [5.74, 6) is 1.53. The van der Waals surface area contributed by atoms with Crippen molar-refractivity contribution in [1.29, 1.82) is 0 Å². The van der Waals surface area contributed by atoms with Crippen LogP contribution in [0.4, 0.5) is 11.9 Å². The van der Waals surface area contributed by atoms with E-state index in [0.717, 1.165) is 5.56 Å². The highest BCUT2D eigenvalue weighted by Gasteiger charge is 2.03. The van der Waals surface area contributed by atoms with Gasteiger partial charge in [-0.2, -0.15) is 20.1 Å². The summed E-state index contributed by atoms with van der Waals surface area (Å²) in [5.41, 5.74) is 4.49. The summed E-state index contributed by atoms with van der Waals surface area (Å²) >= 11 is 0. The third-order valence-corrected chi connectivity index (χ3v) is 4.05. The summed E-state index contributed by atoms with van der Waals surface area (Å²) in [5, 5.41) is 16.9. The van der Waals surface area contributed by atoms with Crippen LogP contribution in [-0.2, 0) is 6.54 Å². The van der Waals surface area contributed by atoms with Gasteiger partial charge in [-0.15, -0.1) is 0 Å². The minimum atomic E-state index is 0.157. The fraction of sp³-hybridized carbons (Fsp3) is 0.304. The lowest BCUT2D eigenvalue weighted by molar-refractivity contribution is 0.474. The Balaban J connectivity index is 0.000000575. The van der Waals surface area contributed by atoms with Crippen molar-refractivity contribution < 1.29 is 5.11 Å². The number of hydrogen-bond donors (Lipinski definition) is 3. The molecule has 3 aromatic rings. The quantitative estimate of drug-likeness (QED) is 0.354. The SMILES string of the molecule is CCCCC.Cc1nc(NCc2ccccc2)nc(N/N=C/c2ccccc2O)n1. The maximum Gasteiger partial charge on any atom is 0.248 e. The molecule has 0 fully saturated rings. The van der Waals surface area contributed by atoms with E-state index in [1.54, 1.807) is 25.1 Å². The molecule has 0 saturated heterocycles. The van der Waals surface area contributed by atoms with Crippen LogP contribution >= 0.6 is 0 Å². The minimum absolute atomic E-state index is 0.157. The van der Waals surface area contributed by atoms with Crippen LogP contribution in [0.2, 0.25) is 0 Å². The zero-order valence-corrected chi connectivity index (χ0v) is 17.8. The second-order valence-electron chi connectivity index (χ2n) is 6.65. The van der Waals surface area contributed by atoms with Crippen molar-refractivity contribution in [3.63, 3.8) is 0 Å². The highest BCUT2D eigenvalue weighted by atomic mass is 16.3. The van der Waals surface area contributed by atoms with E-state index < -0.39 is 0 Å². The predicted octanol–water partition coefficient (Wildman–Crippen LogP) is 5.14. The molecule has 3 rings (SSSR count). The molecule has 30 heavy (non-hydrogen) atoms. The number of unbranched alkanes of at least 4 members (excludes halogenated alkanes) is 2. The molecule has 7 nitrogen and oxygen atoms in total. The Morgan fingerprint density at radius 2 is 1.57 bits per heavy atom. The van der Waals surface area contributed by atoms with Gasteiger partial charge in [-0.3, -0.25) is 0 Å². The number of rotatable bonds is 8. The molecule has 0 spiro atoms. The van der Waals surface area contributed by atoms with E-state index in [2.05, 4.69) is 44.6 Å². The number of hydrogen-bond acceptors (Lipinski definition) is 7. The molecule has 0 amide bonds. The third kappa shape index (κ3) is 8.26. The van der Waals surface area contributed by atoms with Gasteiger partial charge in [-0.05, 0) is 24.6 Å². The maximum absolute atomic E-state index is 9.70. The molecule has 0 bridgehead atoms. The Morgan fingerprint density at radius 3 is 2.23 bits per heavy atom. The van der Waals surface area contributed by atoms with Crippen LogP contribution in [0, 0.1) is 6.92 Å². The summed E-state index contributed by atoms with van der Waals surface area (Å²) in [7, 11) is 0. The van der Waals surface area contributed by atoms with E-state index in [1.165, 1.54) is 25.5 Å². The predicted molar refractivity (Wildman–Crippen MR) is 123 cm³/mol. The molecule has 3 N–H and O–H groups in total. The van der Waals surface area contributed by atoms with Gasteiger partial charge in [0.25, 0.3) is 0 Å². The Kier molecular flexibility index (Phi) is 9.79. The van der Waals surface area contributed by atoms with Gasteiger partial charge in [-0.1, -0.05) is 75.6 Å². The van der Waals surface area contributed by atoms with Crippen molar-refractivity contribution in [1.82, 2.24) is 15.0 Å². The smallest absolute Gasteiger partial charge is 0.248 e. The molecule has 0 aliphatic rings. The lowest BCUT2D eigenvalue weighted by Crippen LogP contribution is -2.08. The van der Waals surface area contributed by atoms with Crippen LogP contribution < -0.4 is 10.7 Å². The lowest BCUT2D eigenvalue weighted by Gasteiger charge is -2.07. The first-order valence-corrected chi connectivity index (χ1v) is 10.2. The zero-order chi connectivity index (χ0) is 21.6. The van der Waals surface area contributed by atoms with Gasteiger partial charge >= 0.3 is 0 Å². The number of aromatic hydroxyl groups is 1. The van der Waals surface area contributed by atoms with Gasteiger partial charge < -0.3 is 10.4 Å². The van der Waals surface area contributed by atoms with E-state index in [0.29, 0.717) is 29.8 Å². The van der Waals surface area contributed by atoms with Crippen molar-refractivity contribution in [3.8, 4) is 5.75 Å². The first kappa shape index (κ1) is 22.8. The lowest BCUT2D eigenvalue weighted by atomic mass is 10.2. The molecule has 0 unspecified atom stereocenters. The van der Waals surface area contributed by atoms with Gasteiger partial charge in [0.05, 0.1) is 6.21 Å². The van der Waals surface area contributed by atoms with E-state index in [-0.39, 0.29) is 5.75 Å². The number of phenolic OH excluding ortho intramolecular Hbond substituents is 1. The van der Waals surface area contributed by atoms with E-state index in [4.69, 9.17) is 0 Å². The van der Waals surface area contributed by atoms with Gasteiger partial charge in [0, 0.05) is 12.1 Å². The molecular weight excluding hydrogens is 376 g/mol. The molecular formula is C23H30N6O. The van der Waals surface area contributed by atoms with Crippen LogP contribution in [0.3, 0.4) is 0 Å². The monoisotopic (exact) mass is 406 g/mol. The molecule has 2 aromatic carbocycles. The molecule has 1 heterocycles. The van der Waals surface area contributed by atoms with Crippen molar-refractivity contribution >= 4 is 18.1 Å². The molecule has 0 aliphatic heterocycles. The van der Waals surface area contributed by atoms with Gasteiger partial charge in [0.2, 0.25) is 11.9 Å². The summed E-state index contributed by atoms with van der Waals surface area (Å²) in [6.45, 7) is 6.82. The van der Waals surface area contributed by atoms with Gasteiger partial charge in [0.15, 0.2) is 0 Å². The van der Waals surface area contributed by atoms with E-state index in [1.807, 2.05) is 36.4 Å². The zero-order valence-electron chi connectivity index (χ0n) is 17.8. The summed E-state index contributed by atoms with van der Waals surface area (Å²) in [6.07, 6.45) is 5.58. The van der Waals surface area contributed by atoms with Crippen LogP contribution in [0.1, 0.15) is 50.1 Å². The molecule has 0 radical (unpaired) electrons. The van der Waals surface area contributed by atoms with Crippen molar-refractivity contribution in [2.75, 3.05) is 10.7 Å². The number of nitrogens with one attached hydrogen (secondary N) is 2. The Labute approximate surface area is 178 Å². The van der Waals surface area contributed by atoms with Crippen molar-refractivity contribution in [2.24, 2.45) is 5.10 Å². The number of para-hydroxylation sites is 1. The van der Waals surface area contributed by atoms with Gasteiger partial charge in [-0.25, -0.2) is 5.43 Å². The first-order chi connectivity index (χ1) is 14.6. The summed E-state index contributed by atoms with van der Waals surface area (Å²) in [6, 6.07) is 16.9. The van der Waals surface area contributed by atoms with Crippen LogP contribution in [0.25, 0.3) is 0 Å². The molecule has 158 valence electrons. The average Bonchev–Trinajstić information content (AvgIpc) is 2.75. The Hall–Kier alpha value is -3.48. The molecule has 7 heteroatoms. The molecule has 1 aromatic heterocycles. The first-order valence-electron chi connectivity index (χ1n) is 10.2. The van der Waals surface area contributed by atoms with Crippen LogP contribution in [0.5, 0.6) is 5.75 Å². The topological polar surface area (TPSA) is 95.3 Å². The Morgan fingerprint density at radius 1 is 0.900 bits per heavy atom. The van der Waals surface area contributed by atoms with Crippen LogP contribution in [-0.4, -0.2) is 26.3 Å². The number of aromatic nitrogens is 3. The standard InChI is InChI=1S/C18H18N6O.C5H12/c1-13-21-17(19-11-14-7-3-2-4-8-14)23-18(22-13)24-20-12-15-9-5-6-10-16(15)25;1-3-5-4-2/h2-10,12,25H,11H2,1H3,(H2,19,21,22,23,24);3-5H2,1-2H3/b20-12+;. The average molecular weight is 407 g/mol. The third-order valence-electron chi connectivity index (χ3n) is 4.05. The fourth-order valence-corrected chi connectivity index (χ4v) is 2.50. The number of aryl methyl sites for hydroxylation is 1. The van der Waals surface area contributed by atoms with E-state index in [9.17, 15) is 5.11 Å².